The Bertz CT molecular complexity index is 980. The number of benzene rings is 1. The van der Waals surface area contributed by atoms with Crippen molar-refractivity contribution in [2.45, 2.75) is 56.6 Å². The Kier molecular flexibility index (Phi) is 6.03. The van der Waals surface area contributed by atoms with Crippen molar-refractivity contribution in [3.05, 3.63) is 44.3 Å². The first-order chi connectivity index (χ1) is 14.9. The molecule has 0 saturated heterocycles. The molecule has 0 aliphatic heterocycles. The zero-order valence-corrected chi connectivity index (χ0v) is 17.4. The first-order valence-corrected chi connectivity index (χ1v) is 10.9. The third kappa shape index (κ3) is 5.29. The summed E-state index contributed by atoms with van der Waals surface area (Å²) >= 11 is 1.32. The van der Waals surface area contributed by atoms with Crippen LogP contribution < -0.4 is 20.5 Å². The van der Waals surface area contributed by atoms with E-state index < -0.39 is 16.9 Å². The lowest BCUT2D eigenvalue weighted by Gasteiger charge is -2.28. The molecule has 164 valence electrons. The van der Waals surface area contributed by atoms with E-state index in [1.165, 1.54) is 35.6 Å². The molecular weight excluding hydrogens is 424 g/mol. The Balaban J connectivity index is 1.25. The number of nitro groups is 1. The summed E-state index contributed by atoms with van der Waals surface area (Å²) in [6.07, 6.45) is 4.21. The van der Waals surface area contributed by atoms with Gasteiger partial charge in [-0.25, -0.2) is 9.78 Å². The van der Waals surface area contributed by atoms with Crippen molar-refractivity contribution in [2.24, 2.45) is 5.73 Å². The fourth-order valence-corrected chi connectivity index (χ4v) is 4.51. The number of nitro benzene ring substituents is 1. The van der Waals surface area contributed by atoms with Crippen LogP contribution in [0.5, 0.6) is 11.6 Å². The van der Waals surface area contributed by atoms with Gasteiger partial charge < -0.3 is 20.5 Å². The lowest BCUT2D eigenvalue weighted by Crippen LogP contribution is -2.41. The number of aromatic nitrogens is 1. The molecule has 3 N–H and O–H groups in total. The highest BCUT2D eigenvalue weighted by atomic mass is 32.1. The molecule has 10 nitrogen and oxygen atoms in total. The number of non-ortho nitro benzene ring substituents is 1. The van der Waals surface area contributed by atoms with E-state index in [0.29, 0.717) is 42.4 Å². The Morgan fingerprint density at radius 1 is 1.13 bits per heavy atom. The third-order valence-electron chi connectivity index (χ3n) is 5.30. The topological polar surface area (TPSA) is 147 Å². The fraction of sp³-hybridized carbons (Fsp3) is 0.450. The van der Waals surface area contributed by atoms with Crippen LogP contribution >= 0.6 is 11.3 Å². The number of thiazole rings is 1. The zero-order chi connectivity index (χ0) is 22.0. The summed E-state index contributed by atoms with van der Waals surface area (Å²) in [6, 6.07) is 5.24. The quantitative estimate of drug-likeness (QED) is 0.488. The Hall–Kier alpha value is -3.21. The molecular formula is C20H22N4O6S. The third-order valence-corrected chi connectivity index (χ3v) is 6.51. The van der Waals surface area contributed by atoms with Gasteiger partial charge in [0.25, 0.3) is 11.6 Å². The first-order valence-electron chi connectivity index (χ1n) is 10.1. The van der Waals surface area contributed by atoms with Gasteiger partial charge in [-0.05, 0) is 50.7 Å². The maximum atomic E-state index is 12.1. The molecule has 1 aromatic heterocycles. The van der Waals surface area contributed by atoms with Crippen molar-refractivity contribution in [1.82, 2.24) is 10.3 Å². The van der Waals surface area contributed by atoms with Gasteiger partial charge in [-0.2, -0.15) is 0 Å². The van der Waals surface area contributed by atoms with Gasteiger partial charge in [-0.1, -0.05) is 0 Å². The monoisotopic (exact) mass is 446 g/mol. The molecule has 1 aromatic carbocycles. The summed E-state index contributed by atoms with van der Waals surface area (Å²) in [5.74, 6) is 0.452. The lowest BCUT2D eigenvalue weighted by molar-refractivity contribution is -0.384. The smallest absolute Gasteiger partial charge is 0.412 e. The number of hydrogen-bond acceptors (Lipinski definition) is 8. The zero-order valence-electron chi connectivity index (χ0n) is 16.6. The van der Waals surface area contributed by atoms with Crippen LogP contribution in [0.15, 0.2) is 24.3 Å². The minimum Gasteiger partial charge on any atom is -0.473 e. The Labute approximate surface area is 181 Å². The van der Waals surface area contributed by atoms with E-state index >= 15 is 0 Å². The second-order valence-corrected chi connectivity index (χ2v) is 8.73. The molecule has 0 bridgehead atoms. The van der Waals surface area contributed by atoms with E-state index in [-0.39, 0.29) is 23.6 Å². The van der Waals surface area contributed by atoms with Crippen LogP contribution in [0.25, 0.3) is 0 Å². The molecule has 0 spiro atoms. The molecule has 11 heteroatoms. The van der Waals surface area contributed by atoms with E-state index in [9.17, 15) is 19.7 Å². The predicted molar refractivity (Wildman–Crippen MR) is 112 cm³/mol. The van der Waals surface area contributed by atoms with E-state index in [1.807, 2.05) is 0 Å². The second kappa shape index (κ2) is 8.88. The molecule has 2 aromatic rings. The number of primary amides is 1. The van der Waals surface area contributed by atoms with Crippen molar-refractivity contribution < 1.29 is 24.0 Å². The van der Waals surface area contributed by atoms with Gasteiger partial charge in [0.2, 0.25) is 5.88 Å². The molecule has 2 amide bonds. The average molecular weight is 446 g/mol. The summed E-state index contributed by atoms with van der Waals surface area (Å²) < 4.78 is 11.2. The first kappa shape index (κ1) is 21.0. The van der Waals surface area contributed by atoms with Gasteiger partial charge in [-0.15, -0.1) is 11.3 Å². The summed E-state index contributed by atoms with van der Waals surface area (Å²) in [7, 11) is 0. The molecule has 2 aliphatic rings. The molecule has 2 aliphatic carbocycles. The summed E-state index contributed by atoms with van der Waals surface area (Å²) in [6.45, 7) is 0. The summed E-state index contributed by atoms with van der Waals surface area (Å²) in [5, 5.41) is 14.4. The maximum absolute atomic E-state index is 12.1. The fourth-order valence-electron chi connectivity index (χ4n) is 3.48. The van der Waals surface area contributed by atoms with Crippen molar-refractivity contribution in [1.29, 1.82) is 0 Å². The van der Waals surface area contributed by atoms with Crippen LogP contribution in [0.4, 0.5) is 10.5 Å². The number of nitrogens with zero attached hydrogens (tertiary/aromatic N) is 2. The average Bonchev–Trinajstić information content (AvgIpc) is 3.50. The number of amides is 2. The maximum Gasteiger partial charge on any atom is 0.412 e. The molecule has 1 heterocycles. The number of rotatable bonds is 7. The van der Waals surface area contributed by atoms with Crippen molar-refractivity contribution in [3.8, 4) is 11.6 Å². The van der Waals surface area contributed by atoms with Crippen LogP contribution in [0.2, 0.25) is 0 Å². The van der Waals surface area contributed by atoms with E-state index in [0.717, 1.165) is 17.8 Å². The molecule has 0 radical (unpaired) electrons. The Morgan fingerprint density at radius 3 is 2.39 bits per heavy atom. The largest absolute Gasteiger partial charge is 0.473 e. The van der Waals surface area contributed by atoms with Crippen LogP contribution in [-0.2, 0) is 0 Å². The minimum absolute atomic E-state index is 0.0709. The summed E-state index contributed by atoms with van der Waals surface area (Å²) in [5.41, 5.74) is 5.40. The van der Waals surface area contributed by atoms with Gasteiger partial charge in [0.1, 0.15) is 16.9 Å². The molecule has 4 rings (SSSR count). The van der Waals surface area contributed by atoms with Gasteiger partial charge in [0, 0.05) is 24.1 Å². The Morgan fingerprint density at radius 2 is 1.81 bits per heavy atom. The number of nitrogens with one attached hydrogen (secondary N) is 1. The van der Waals surface area contributed by atoms with Gasteiger partial charge >= 0.3 is 6.09 Å². The van der Waals surface area contributed by atoms with Crippen LogP contribution in [0.3, 0.4) is 0 Å². The van der Waals surface area contributed by atoms with Crippen LogP contribution in [-0.4, -0.2) is 34.1 Å². The molecule has 0 unspecified atom stereocenters. The highest BCUT2D eigenvalue weighted by Gasteiger charge is 2.32. The minimum atomic E-state index is -0.609. The number of nitrogens with two attached hydrogens (primary N) is 1. The second-order valence-electron chi connectivity index (χ2n) is 7.70. The number of ether oxygens (including phenoxy) is 2. The normalized spacial score (nSPS) is 20.6. The lowest BCUT2D eigenvalue weighted by atomic mass is 9.93. The van der Waals surface area contributed by atoms with Gasteiger partial charge in [-0.3, -0.25) is 14.9 Å². The number of carbonyl (C=O) groups excluding carboxylic acids is 2. The predicted octanol–water partition coefficient (Wildman–Crippen LogP) is 3.51. The van der Waals surface area contributed by atoms with Gasteiger partial charge in [0.15, 0.2) is 4.88 Å². The highest BCUT2D eigenvalue weighted by molar-refractivity contribution is 7.14. The summed E-state index contributed by atoms with van der Waals surface area (Å²) in [4.78, 5) is 38.8. The number of hydrogen-bond donors (Lipinski definition) is 2. The van der Waals surface area contributed by atoms with E-state index in [4.69, 9.17) is 15.2 Å². The van der Waals surface area contributed by atoms with E-state index in [2.05, 4.69) is 10.3 Å². The molecule has 31 heavy (non-hydrogen) atoms. The molecule has 0 atom stereocenters. The highest BCUT2D eigenvalue weighted by Crippen LogP contribution is 2.44. The van der Waals surface area contributed by atoms with Crippen LogP contribution in [0, 0.1) is 10.1 Å². The van der Waals surface area contributed by atoms with E-state index in [1.54, 1.807) is 0 Å². The standard InChI is InChI=1S/C20H22N4O6S/c21-17(25)16-18(23-19(31-16)11-1-2-11)29-14-7-3-12(4-8-14)22-20(26)30-15-9-5-13(6-10-15)24(27)28/h5-6,9-12,14H,1-4,7-8H2,(H2,21,25)(H,22,26). The van der Waals surface area contributed by atoms with Crippen molar-refractivity contribution in [2.75, 3.05) is 0 Å². The van der Waals surface area contributed by atoms with Crippen molar-refractivity contribution >= 4 is 29.0 Å². The van der Waals surface area contributed by atoms with Gasteiger partial charge in [0.05, 0.1) is 4.92 Å². The van der Waals surface area contributed by atoms with Crippen LogP contribution in [0.1, 0.15) is 59.1 Å². The van der Waals surface area contributed by atoms with Crippen molar-refractivity contribution in [3.63, 3.8) is 0 Å². The molecule has 2 fully saturated rings. The molecule has 2 saturated carbocycles. The number of carbonyl (C=O) groups is 2. The SMILES string of the molecule is NC(=O)c1sc(C2CC2)nc1OC1CCC(NC(=O)Oc2ccc([N+](=O)[O-])cc2)CC1.